The molecular formula is C26H22N2O. The number of anilines is 1. The van der Waals surface area contributed by atoms with Crippen LogP contribution in [0.25, 0.3) is 10.8 Å². The quantitative estimate of drug-likeness (QED) is 0.497. The Morgan fingerprint density at radius 1 is 0.828 bits per heavy atom. The van der Waals surface area contributed by atoms with Gasteiger partial charge in [0.25, 0.3) is 5.91 Å². The Hall–Kier alpha value is -3.43. The predicted molar refractivity (Wildman–Crippen MR) is 118 cm³/mol. The Balaban J connectivity index is 1.30. The number of hydrogen-bond acceptors (Lipinski definition) is 2. The van der Waals surface area contributed by atoms with Crippen LogP contribution in [0.1, 0.15) is 33.8 Å². The monoisotopic (exact) mass is 378 g/mol. The fourth-order valence-electron chi connectivity index (χ4n) is 4.09. The molecule has 4 aromatic rings. The molecule has 0 unspecified atom stereocenters. The molecule has 3 heteroatoms. The van der Waals surface area contributed by atoms with Crippen LogP contribution in [0.2, 0.25) is 0 Å². The molecule has 1 saturated carbocycles. The van der Waals surface area contributed by atoms with Crippen molar-refractivity contribution in [2.24, 2.45) is 5.73 Å². The number of carbonyl (C=O) groups is 1. The van der Waals surface area contributed by atoms with E-state index in [1.807, 2.05) is 72.8 Å². The minimum atomic E-state index is -0.281. The lowest BCUT2D eigenvalue weighted by Gasteiger charge is -2.13. The van der Waals surface area contributed by atoms with Gasteiger partial charge in [-0.1, -0.05) is 72.8 Å². The van der Waals surface area contributed by atoms with Crippen molar-refractivity contribution in [1.82, 2.24) is 0 Å². The highest BCUT2D eigenvalue weighted by atomic mass is 16.1. The minimum Gasteiger partial charge on any atom is -0.322 e. The van der Waals surface area contributed by atoms with Crippen LogP contribution in [0, 0.1) is 0 Å². The van der Waals surface area contributed by atoms with Gasteiger partial charge in [-0.3, -0.25) is 4.79 Å². The largest absolute Gasteiger partial charge is 0.322 e. The summed E-state index contributed by atoms with van der Waals surface area (Å²) in [7, 11) is 0. The maximum atomic E-state index is 12.6. The van der Waals surface area contributed by atoms with Crippen molar-refractivity contribution in [3.63, 3.8) is 0 Å². The predicted octanol–water partition coefficient (Wildman–Crippen LogP) is 5.43. The molecule has 2 atom stereocenters. The number of benzene rings is 4. The molecule has 0 heterocycles. The number of nitrogens with one attached hydrogen (secondary N) is 1. The second kappa shape index (κ2) is 6.87. The summed E-state index contributed by atoms with van der Waals surface area (Å²) in [5.74, 6) is 0.211. The first-order chi connectivity index (χ1) is 14.1. The van der Waals surface area contributed by atoms with Gasteiger partial charge in [0.15, 0.2) is 0 Å². The molecule has 1 aliphatic carbocycles. The fourth-order valence-corrected chi connectivity index (χ4v) is 4.09. The zero-order valence-electron chi connectivity index (χ0n) is 16.0. The van der Waals surface area contributed by atoms with Gasteiger partial charge < -0.3 is 11.1 Å². The first-order valence-electron chi connectivity index (χ1n) is 9.88. The number of rotatable bonds is 4. The second-order valence-corrected chi connectivity index (χ2v) is 7.80. The summed E-state index contributed by atoms with van der Waals surface area (Å²) in [6, 6.07) is 32.1. The highest BCUT2D eigenvalue weighted by Crippen LogP contribution is 2.56. The molecule has 0 radical (unpaired) electrons. The van der Waals surface area contributed by atoms with Crippen molar-refractivity contribution in [3.05, 3.63) is 114 Å². The van der Waals surface area contributed by atoms with Crippen LogP contribution in [0.3, 0.4) is 0 Å². The third-order valence-electron chi connectivity index (χ3n) is 5.90. The lowest BCUT2D eigenvalue weighted by atomic mass is 9.99. The number of fused-ring (bicyclic) bond motifs is 1. The van der Waals surface area contributed by atoms with E-state index in [2.05, 4.69) is 29.6 Å². The van der Waals surface area contributed by atoms with E-state index in [1.165, 1.54) is 11.1 Å². The van der Waals surface area contributed by atoms with E-state index >= 15 is 0 Å². The van der Waals surface area contributed by atoms with Gasteiger partial charge in [-0.25, -0.2) is 0 Å². The molecule has 0 aliphatic heterocycles. The number of carbonyl (C=O) groups excluding carboxylic acids is 1. The normalized spacial score (nSPS) is 20.4. The van der Waals surface area contributed by atoms with Gasteiger partial charge in [0, 0.05) is 22.7 Å². The van der Waals surface area contributed by atoms with Crippen LogP contribution in [0.4, 0.5) is 5.69 Å². The van der Waals surface area contributed by atoms with E-state index in [0.29, 0.717) is 11.5 Å². The van der Waals surface area contributed by atoms with Gasteiger partial charge in [-0.2, -0.15) is 0 Å². The average Bonchev–Trinajstić information content (AvgIpc) is 3.47. The molecule has 0 spiro atoms. The maximum absolute atomic E-state index is 12.6. The van der Waals surface area contributed by atoms with Crippen LogP contribution in [0.5, 0.6) is 0 Å². The Morgan fingerprint density at radius 2 is 1.52 bits per heavy atom. The van der Waals surface area contributed by atoms with Crippen molar-refractivity contribution < 1.29 is 4.79 Å². The molecule has 29 heavy (non-hydrogen) atoms. The maximum Gasteiger partial charge on any atom is 0.255 e. The van der Waals surface area contributed by atoms with Gasteiger partial charge in [0.1, 0.15) is 0 Å². The lowest BCUT2D eigenvalue weighted by molar-refractivity contribution is 0.102. The molecule has 142 valence electrons. The lowest BCUT2D eigenvalue weighted by Crippen LogP contribution is -2.21. The van der Waals surface area contributed by atoms with E-state index in [9.17, 15) is 4.79 Å². The molecule has 0 bridgehead atoms. The van der Waals surface area contributed by atoms with Gasteiger partial charge in [0.05, 0.1) is 0 Å². The first kappa shape index (κ1) is 17.7. The van der Waals surface area contributed by atoms with Gasteiger partial charge >= 0.3 is 0 Å². The average molecular weight is 378 g/mol. The van der Waals surface area contributed by atoms with Gasteiger partial charge in [-0.15, -0.1) is 0 Å². The highest BCUT2D eigenvalue weighted by molar-refractivity contribution is 6.06. The Bertz CT molecular complexity index is 1180. The summed E-state index contributed by atoms with van der Waals surface area (Å²) < 4.78 is 0. The first-order valence-corrected chi connectivity index (χ1v) is 9.88. The van der Waals surface area contributed by atoms with Crippen molar-refractivity contribution in [2.75, 3.05) is 5.32 Å². The van der Waals surface area contributed by atoms with Crippen LogP contribution in [0.15, 0.2) is 97.1 Å². The van der Waals surface area contributed by atoms with Crippen LogP contribution >= 0.6 is 0 Å². The van der Waals surface area contributed by atoms with Crippen LogP contribution in [-0.2, 0) is 5.54 Å². The minimum absolute atomic E-state index is 0.104. The summed E-state index contributed by atoms with van der Waals surface area (Å²) in [5, 5.41) is 5.18. The third-order valence-corrected chi connectivity index (χ3v) is 5.90. The molecule has 1 aliphatic rings. The van der Waals surface area contributed by atoms with E-state index in [-0.39, 0.29) is 11.4 Å². The van der Waals surface area contributed by atoms with Gasteiger partial charge in [0.2, 0.25) is 0 Å². The molecule has 0 saturated heterocycles. The van der Waals surface area contributed by atoms with E-state index in [1.54, 1.807) is 0 Å². The van der Waals surface area contributed by atoms with Gasteiger partial charge in [-0.05, 0) is 52.6 Å². The van der Waals surface area contributed by atoms with Crippen LogP contribution < -0.4 is 11.1 Å². The molecule has 1 amide bonds. The summed E-state index contributed by atoms with van der Waals surface area (Å²) in [4.78, 5) is 12.6. The second-order valence-electron chi connectivity index (χ2n) is 7.80. The number of hydrogen-bond donors (Lipinski definition) is 2. The summed E-state index contributed by atoms with van der Waals surface area (Å²) >= 11 is 0. The summed E-state index contributed by atoms with van der Waals surface area (Å²) in [5.41, 5.74) is 10.2. The number of nitrogens with two attached hydrogens (primary N) is 1. The standard InChI is InChI=1S/C26H22N2O/c27-26(22-8-2-1-3-9-22)17-24(26)19-12-14-23(15-13-19)28-25(29)21-11-10-18-6-4-5-7-20(18)16-21/h1-16,24H,17,27H2,(H,28,29)/t24-,26-/m0/s1. The van der Waals surface area contributed by atoms with E-state index in [0.717, 1.165) is 22.9 Å². The third kappa shape index (κ3) is 3.30. The van der Waals surface area contributed by atoms with Crippen molar-refractivity contribution >= 4 is 22.4 Å². The van der Waals surface area contributed by atoms with E-state index < -0.39 is 0 Å². The van der Waals surface area contributed by atoms with Crippen molar-refractivity contribution in [1.29, 1.82) is 0 Å². The molecular weight excluding hydrogens is 356 g/mol. The smallest absolute Gasteiger partial charge is 0.255 e. The van der Waals surface area contributed by atoms with Crippen LogP contribution in [-0.4, -0.2) is 5.91 Å². The molecule has 5 rings (SSSR count). The summed E-state index contributed by atoms with van der Waals surface area (Å²) in [6.07, 6.45) is 0.944. The highest BCUT2D eigenvalue weighted by Gasteiger charge is 2.52. The SMILES string of the molecule is N[C@]1(c2ccccc2)C[C@H]1c1ccc(NC(=O)c2ccc3ccccc3c2)cc1. The number of amides is 1. The van der Waals surface area contributed by atoms with Crippen molar-refractivity contribution in [2.45, 2.75) is 17.9 Å². The summed E-state index contributed by atoms with van der Waals surface area (Å²) in [6.45, 7) is 0. The molecule has 4 aromatic carbocycles. The molecule has 3 nitrogen and oxygen atoms in total. The van der Waals surface area contributed by atoms with Crippen molar-refractivity contribution in [3.8, 4) is 0 Å². The molecule has 0 aromatic heterocycles. The van der Waals surface area contributed by atoms with E-state index in [4.69, 9.17) is 5.73 Å². The Morgan fingerprint density at radius 3 is 2.28 bits per heavy atom. The molecule has 3 N–H and O–H groups in total. The Labute approximate surface area is 170 Å². The molecule has 1 fully saturated rings. The zero-order chi connectivity index (χ0) is 19.8. The Kier molecular flexibility index (Phi) is 4.18. The topological polar surface area (TPSA) is 55.1 Å². The fraction of sp³-hybridized carbons (Fsp3) is 0.115. The zero-order valence-corrected chi connectivity index (χ0v) is 16.0.